The number of rotatable bonds is 4. The van der Waals surface area contributed by atoms with Crippen molar-refractivity contribution in [3.05, 3.63) is 35.9 Å². The summed E-state index contributed by atoms with van der Waals surface area (Å²) in [4.78, 5) is 11.2. The largest absolute Gasteiger partial charge is 0.461 e. The van der Waals surface area contributed by atoms with Gasteiger partial charge in [-0.2, -0.15) is 0 Å². The molecule has 0 unspecified atom stereocenters. The van der Waals surface area contributed by atoms with Crippen LogP contribution in [0.1, 0.15) is 12.5 Å². The molecule has 0 bridgehead atoms. The van der Waals surface area contributed by atoms with Crippen LogP contribution in [-0.2, 0) is 9.53 Å². The van der Waals surface area contributed by atoms with E-state index in [-0.39, 0.29) is 12.3 Å². The topological polar surface area (TPSA) is 74.0 Å². The van der Waals surface area contributed by atoms with E-state index < -0.39 is 11.7 Å². The van der Waals surface area contributed by atoms with Gasteiger partial charge in [-0.25, -0.2) is 4.79 Å². The zero-order valence-corrected chi connectivity index (χ0v) is 8.41. The first kappa shape index (κ1) is 11.1. The highest BCUT2D eigenvalue weighted by Crippen LogP contribution is 2.01. The smallest absolute Gasteiger partial charge is 0.358 e. The summed E-state index contributed by atoms with van der Waals surface area (Å²) in [5.41, 5.74) is 0.00709. The van der Waals surface area contributed by atoms with Gasteiger partial charge >= 0.3 is 5.97 Å². The minimum Gasteiger partial charge on any atom is -0.461 e. The Kier molecular flexibility index (Phi) is 3.74. The van der Waals surface area contributed by atoms with E-state index in [2.05, 4.69) is 4.74 Å². The molecule has 0 amide bonds. The first-order chi connectivity index (χ1) is 7.16. The molecule has 78 valence electrons. The average Bonchev–Trinajstić information content (AvgIpc) is 2.28. The molecule has 2 N–H and O–H groups in total. The van der Waals surface area contributed by atoms with E-state index in [0.29, 0.717) is 5.56 Å². The molecule has 0 radical (unpaired) electrons. The van der Waals surface area contributed by atoms with Crippen LogP contribution in [0.2, 0.25) is 0 Å². The van der Waals surface area contributed by atoms with Crippen LogP contribution in [-0.4, -0.2) is 24.0 Å². The molecule has 4 nitrogen and oxygen atoms in total. The second-order valence-electron chi connectivity index (χ2n) is 2.84. The lowest BCUT2D eigenvalue weighted by Crippen LogP contribution is -2.25. The van der Waals surface area contributed by atoms with E-state index in [9.17, 15) is 4.79 Å². The Labute approximate surface area is 87.9 Å². The van der Waals surface area contributed by atoms with Crippen molar-refractivity contribution >= 4 is 17.4 Å². The molecule has 1 aromatic carbocycles. The van der Waals surface area contributed by atoms with Crippen molar-refractivity contribution in [2.45, 2.75) is 6.92 Å². The van der Waals surface area contributed by atoms with E-state index in [1.165, 1.54) is 0 Å². The van der Waals surface area contributed by atoms with Gasteiger partial charge in [-0.15, -0.1) is 0 Å². The SMILES string of the molecule is CCOC(=O)C(=N)C(=N)c1ccccc1. The summed E-state index contributed by atoms with van der Waals surface area (Å²) < 4.78 is 4.64. The number of hydrogen-bond acceptors (Lipinski definition) is 4. The van der Waals surface area contributed by atoms with E-state index in [1.54, 1.807) is 31.2 Å². The molecule has 0 aromatic heterocycles. The Morgan fingerprint density at radius 3 is 2.40 bits per heavy atom. The van der Waals surface area contributed by atoms with Gasteiger partial charge < -0.3 is 4.74 Å². The lowest BCUT2D eigenvalue weighted by Gasteiger charge is -2.04. The Hall–Kier alpha value is -1.97. The lowest BCUT2D eigenvalue weighted by atomic mass is 10.1. The first-order valence-corrected chi connectivity index (χ1v) is 4.56. The quantitative estimate of drug-likeness (QED) is 0.578. The van der Waals surface area contributed by atoms with Gasteiger partial charge in [0.1, 0.15) is 0 Å². The van der Waals surface area contributed by atoms with Crippen molar-refractivity contribution in [1.82, 2.24) is 0 Å². The summed E-state index contributed by atoms with van der Waals surface area (Å²) in [7, 11) is 0. The maximum Gasteiger partial charge on any atom is 0.358 e. The summed E-state index contributed by atoms with van der Waals surface area (Å²) in [6.07, 6.45) is 0. The molecule has 0 aliphatic carbocycles. The second-order valence-corrected chi connectivity index (χ2v) is 2.84. The van der Waals surface area contributed by atoms with Crippen molar-refractivity contribution in [2.24, 2.45) is 0 Å². The predicted molar refractivity (Wildman–Crippen MR) is 57.6 cm³/mol. The van der Waals surface area contributed by atoms with Crippen molar-refractivity contribution in [3.8, 4) is 0 Å². The molecule has 0 spiro atoms. The van der Waals surface area contributed by atoms with Crippen LogP contribution in [0.4, 0.5) is 0 Å². The van der Waals surface area contributed by atoms with Crippen molar-refractivity contribution in [2.75, 3.05) is 6.61 Å². The Morgan fingerprint density at radius 1 is 1.27 bits per heavy atom. The molecule has 0 aliphatic heterocycles. The number of esters is 1. The summed E-state index contributed by atoms with van der Waals surface area (Å²) in [5, 5.41) is 15.1. The minimum absolute atomic E-state index is 0.117. The number of benzene rings is 1. The van der Waals surface area contributed by atoms with Gasteiger partial charge in [-0.1, -0.05) is 30.3 Å². The zero-order valence-electron chi connectivity index (χ0n) is 8.41. The number of carbonyl (C=O) groups is 1. The standard InChI is InChI=1S/C11H12N2O2/c1-2-15-11(14)10(13)9(12)8-6-4-3-5-7-8/h3-7,12-13H,2H2,1H3. The molecule has 4 heteroatoms. The lowest BCUT2D eigenvalue weighted by molar-refractivity contribution is -0.134. The number of ether oxygens (including phenoxy) is 1. The minimum atomic E-state index is -0.758. The van der Waals surface area contributed by atoms with Crippen LogP contribution < -0.4 is 0 Å². The van der Waals surface area contributed by atoms with Crippen molar-refractivity contribution in [3.63, 3.8) is 0 Å². The van der Waals surface area contributed by atoms with Crippen LogP contribution in [0.15, 0.2) is 30.3 Å². The molecule has 0 fully saturated rings. The van der Waals surface area contributed by atoms with E-state index >= 15 is 0 Å². The fourth-order valence-corrected chi connectivity index (χ4v) is 1.05. The molecule has 0 atom stereocenters. The van der Waals surface area contributed by atoms with Crippen LogP contribution in [0, 0.1) is 10.8 Å². The third kappa shape index (κ3) is 2.74. The van der Waals surface area contributed by atoms with Gasteiger partial charge in [0.15, 0.2) is 5.71 Å². The fraction of sp³-hybridized carbons (Fsp3) is 0.182. The summed E-state index contributed by atoms with van der Waals surface area (Å²) in [5.74, 6) is -0.758. The van der Waals surface area contributed by atoms with Crippen LogP contribution in [0.25, 0.3) is 0 Å². The number of nitrogens with one attached hydrogen (secondary N) is 2. The van der Waals surface area contributed by atoms with E-state index in [4.69, 9.17) is 10.8 Å². The summed E-state index contributed by atoms with van der Waals surface area (Å²) in [6, 6.07) is 8.67. The molecule has 0 aliphatic rings. The predicted octanol–water partition coefficient (Wildman–Crippen LogP) is 1.64. The molecular weight excluding hydrogens is 192 g/mol. The van der Waals surface area contributed by atoms with Crippen molar-refractivity contribution < 1.29 is 9.53 Å². The molecule has 1 aromatic rings. The number of hydrogen-bond donors (Lipinski definition) is 2. The van der Waals surface area contributed by atoms with E-state index in [0.717, 1.165) is 0 Å². The molecular formula is C11H12N2O2. The van der Waals surface area contributed by atoms with E-state index in [1.807, 2.05) is 6.07 Å². The fourth-order valence-electron chi connectivity index (χ4n) is 1.05. The van der Waals surface area contributed by atoms with Gasteiger partial charge in [0, 0.05) is 5.56 Å². The van der Waals surface area contributed by atoms with Crippen LogP contribution in [0.5, 0.6) is 0 Å². The third-order valence-corrected chi connectivity index (χ3v) is 1.79. The highest BCUT2D eigenvalue weighted by atomic mass is 16.5. The highest BCUT2D eigenvalue weighted by Gasteiger charge is 2.16. The third-order valence-electron chi connectivity index (χ3n) is 1.79. The molecule has 0 saturated heterocycles. The van der Waals surface area contributed by atoms with Gasteiger partial charge in [0.25, 0.3) is 0 Å². The van der Waals surface area contributed by atoms with Crippen LogP contribution >= 0.6 is 0 Å². The summed E-state index contributed by atoms with van der Waals surface area (Å²) >= 11 is 0. The van der Waals surface area contributed by atoms with Gasteiger partial charge in [0.05, 0.1) is 12.3 Å². The van der Waals surface area contributed by atoms with Gasteiger partial charge in [-0.3, -0.25) is 10.8 Å². The zero-order chi connectivity index (χ0) is 11.3. The number of carbonyl (C=O) groups excluding carboxylic acids is 1. The van der Waals surface area contributed by atoms with Crippen molar-refractivity contribution in [1.29, 1.82) is 10.8 Å². The monoisotopic (exact) mass is 204 g/mol. The average molecular weight is 204 g/mol. The molecule has 0 heterocycles. The normalized spacial score (nSPS) is 9.40. The Morgan fingerprint density at radius 2 is 1.87 bits per heavy atom. The maximum absolute atomic E-state index is 11.2. The Balaban J connectivity index is 2.78. The molecule has 1 rings (SSSR count). The van der Waals surface area contributed by atoms with Crippen LogP contribution in [0.3, 0.4) is 0 Å². The summed E-state index contributed by atoms with van der Waals surface area (Å²) in [6.45, 7) is 1.88. The van der Waals surface area contributed by atoms with Gasteiger partial charge in [-0.05, 0) is 6.92 Å². The van der Waals surface area contributed by atoms with Gasteiger partial charge in [0.2, 0.25) is 0 Å². The first-order valence-electron chi connectivity index (χ1n) is 4.56. The Bertz CT molecular complexity index is 385. The molecule has 15 heavy (non-hydrogen) atoms. The maximum atomic E-state index is 11.2. The molecule has 0 saturated carbocycles. The second kappa shape index (κ2) is 5.05. The highest BCUT2D eigenvalue weighted by molar-refractivity contribution is 6.67.